The zero-order valence-corrected chi connectivity index (χ0v) is 19.1. The third-order valence-electron chi connectivity index (χ3n) is 5.58. The molecule has 172 valence electrons. The van der Waals surface area contributed by atoms with E-state index in [2.05, 4.69) is 15.0 Å². The molecule has 0 unspecified atom stereocenters. The highest BCUT2D eigenvalue weighted by atomic mass is 32.2. The van der Waals surface area contributed by atoms with Gasteiger partial charge in [0, 0.05) is 25.8 Å². The number of nitrogens with one attached hydrogen (secondary N) is 3. The first-order chi connectivity index (χ1) is 15.8. The quantitative estimate of drug-likeness (QED) is 0.496. The van der Waals surface area contributed by atoms with Gasteiger partial charge in [-0.3, -0.25) is 14.3 Å². The number of aromatic amines is 1. The van der Waals surface area contributed by atoms with E-state index in [1.807, 2.05) is 31.2 Å². The number of anilines is 1. The number of aryl methyl sites for hydroxylation is 1. The summed E-state index contributed by atoms with van der Waals surface area (Å²) in [5.74, 6) is -0.613. The molecule has 33 heavy (non-hydrogen) atoms. The van der Waals surface area contributed by atoms with Crippen LogP contribution in [0.2, 0.25) is 0 Å². The van der Waals surface area contributed by atoms with Crippen molar-refractivity contribution in [1.29, 1.82) is 0 Å². The van der Waals surface area contributed by atoms with Gasteiger partial charge in [0.05, 0.1) is 11.3 Å². The van der Waals surface area contributed by atoms with E-state index < -0.39 is 15.9 Å². The number of aromatic nitrogens is 1. The Kier molecular flexibility index (Phi) is 6.50. The molecule has 3 aromatic rings. The largest absolute Gasteiger partial charge is 0.356 e. The van der Waals surface area contributed by atoms with Crippen LogP contribution in [0.1, 0.15) is 44.8 Å². The second-order valence-electron chi connectivity index (χ2n) is 8.07. The standard InChI is InChI=1S/C24H26N4O4S/c1-17-8-10-18(11-9-17)15-26-23(29)20-6-2-3-7-21(20)27-33(31,32)19-14-22(25-16-19)24(30)28-12-4-5-13-28/h2-3,6-11,14,16,25,27H,4-5,12-13,15H2,1H3,(H,26,29). The van der Waals surface area contributed by atoms with Gasteiger partial charge in [-0.1, -0.05) is 42.0 Å². The Labute approximate surface area is 193 Å². The molecule has 1 saturated heterocycles. The molecule has 3 N–H and O–H groups in total. The topological polar surface area (TPSA) is 111 Å². The number of nitrogens with zero attached hydrogens (tertiary/aromatic N) is 1. The summed E-state index contributed by atoms with van der Waals surface area (Å²) in [4.78, 5) is 29.7. The van der Waals surface area contributed by atoms with Crippen LogP contribution in [0.25, 0.3) is 0 Å². The van der Waals surface area contributed by atoms with Gasteiger partial charge in [0.2, 0.25) is 0 Å². The highest BCUT2D eigenvalue weighted by Crippen LogP contribution is 2.22. The molecule has 9 heteroatoms. The fourth-order valence-electron chi connectivity index (χ4n) is 3.70. The van der Waals surface area contributed by atoms with Crippen molar-refractivity contribution in [3.63, 3.8) is 0 Å². The summed E-state index contributed by atoms with van der Waals surface area (Å²) in [7, 11) is -4.01. The van der Waals surface area contributed by atoms with Crippen molar-refractivity contribution in [1.82, 2.24) is 15.2 Å². The smallest absolute Gasteiger partial charge is 0.270 e. The second kappa shape index (κ2) is 9.50. The third-order valence-corrected chi connectivity index (χ3v) is 6.93. The Morgan fingerprint density at radius 1 is 1.03 bits per heavy atom. The predicted molar refractivity (Wildman–Crippen MR) is 126 cm³/mol. The Balaban J connectivity index is 1.48. The van der Waals surface area contributed by atoms with Gasteiger partial charge in [-0.2, -0.15) is 0 Å². The molecular weight excluding hydrogens is 440 g/mol. The molecule has 1 aromatic heterocycles. The van der Waals surface area contributed by atoms with Gasteiger partial charge >= 0.3 is 0 Å². The maximum Gasteiger partial charge on any atom is 0.270 e. The first-order valence-corrected chi connectivity index (χ1v) is 12.2. The number of hydrogen-bond acceptors (Lipinski definition) is 4. The lowest BCUT2D eigenvalue weighted by Gasteiger charge is -2.13. The van der Waals surface area contributed by atoms with E-state index in [-0.39, 0.29) is 27.7 Å². The van der Waals surface area contributed by atoms with E-state index in [1.165, 1.54) is 18.3 Å². The monoisotopic (exact) mass is 466 g/mol. The fourth-order valence-corrected chi connectivity index (χ4v) is 4.77. The van der Waals surface area contributed by atoms with Crippen LogP contribution >= 0.6 is 0 Å². The Hall–Kier alpha value is -3.59. The van der Waals surface area contributed by atoms with Crippen LogP contribution in [0, 0.1) is 6.92 Å². The van der Waals surface area contributed by atoms with Gasteiger partial charge in [0.15, 0.2) is 0 Å². The van der Waals surface area contributed by atoms with Crippen LogP contribution in [0.15, 0.2) is 65.7 Å². The van der Waals surface area contributed by atoms with Crippen molar-refractivity contribution in [2.45, 2.75) is 31.2 Å². The van der Waals surface area contributed by atoms with Gasteiger partial charge in [-0.15, -0.1) is 0 Å². The zero-order chi connectivity index (χ0) is 23.4. The summed E-state index contributed by atoms with van der Waals surface area (Å²) in [6.07, 6.45) is 3.18. The number of hydrogen-bond donors (Lipinski definition) is 3. The van der Waals surface area contributed by atoms with Gasteiger partial charge < -0.3 is 15.2 Å². The lowest BCUT2D eigenvalue weighted by molar-refractivity contribution is 0.0787. The normalized spacial score (nSPS) is 13.7. The number of carbonyl (C=O) groups excluding carboxylic acids is 2. The molecule has 0 aliphatic carbocycles. The second-order valence-corrected chi connectivity index (χ2v) is 9.75. The van der Waals surface area contributed by atoms with Crippen molar-refractivity contribution in [2.24, 2.45) is 0 Å². The van der Waals surface area contributed by atoms with Crippen molar-refractivity contribution in [2.75, 3.05) is 17.8 Å². The van der Waals surface area contributed by atoms with Crippen molar-refractivity contribution < 1.29 is 18.0 Å². The molecule has 0 spiro atoms. The van der Waals surface area contributed by atoms with Gasteiger partial charge in [0.25, 0.3) is 21.8 Å². The number of benzene rings is 2. The third kappa shape index (κ3) is 5.25. The minimum atomic E-state index is -4.01. The van der Waals surface area contributed by atoms with Crippen molar-refractivity contribution >= 4 is 27.5 Å². The van der Waals surface area contributed by atoms with E-state index in [0.29, 0.717) is 19.6 Å². The minimum absolute atomic E-state index is 0.0695. The summed E-state index contributed by atoms with van der Waals surface area (Å²) < 4.78 is 28.4. The van der Waals surface area contributed by atoms with Crippen LogP contribution in [-0.2, 0) is 16.6 Å². The van der Waals surface area contributed by atoms with Crippen LogP contribution < -0.4 is 10.0 Å². The molecule has 4 rings (SSSR count). The molecule has 2 heterocycles. The first-order valence-electron chi connectivity index (χ1n) is 10.8. The van der Waals surface area contributed by atoms with E-state index in [9.17, 15) is 18.0 Å². The first kappa shape index (κ1) is 22.6. The van der Waals surface area contributed by atoms with Gasteiger partial charge in [-0.25, -0.2) is 8.42 Å². The minimum Gasteiger partial charge on any atom is -0.356 e. The average molecular weight is 467 g/mol. The van der Waals surface area contributed by atoms with Crippen molar-refractivity contribution in [3.05, 3.63) is 83.2 Å². The molecule has 2 amide bonds. The number of amides is 2. The molecule has 1 aliphatic heterocycles. The fraction of sp³-hybridized carbons (Fsp3) is 0.250. The van der Waals surface area contributed by atoms with Crippen molar-refractivity contribution in [3.8, 4) is 0 Å². The highest BCUT2D eigenvalue weighted by Gasteiger charge is 2.24. The Morgan fingerprint density at radius 2 is 1.73 bits per heavy atom. The Bertz CT molecular complexity index is 1260. The number of para-hydroxylation sites is 1. The van der Waals surface area contributed by atoms with Crippen LogP contribution in [-0.4, -0.2) is 43.2 Å². The van der Waals surface area contributed by atoms with Gasteiger partial charge in [-0.05, 0) is 43.5 Å². The van der Waals surface area contributed by atoms with Gasteiger partial charge in [0.1, 0.15) is 10.6 Å². The van der Waals surface area contributed by atoms with E-state index in [1.54, 1.807) is 23.1 Å². The number of sulfonamides is 1. The predicted octanol–water partition coefficient (Wildman–Crippen LogP) is 3.29. The molecule has 0 radical (unpaired) electrons. The maximum atomic E-state index is 13.0. The molecular formula is C24H26N4O4S. The SMILES string of the molecule is Cc1ccc(CNC(=O)c2ccccc2NS(=O)(=O)c2c[nH]c(C(=O)N3CCCC3)c2)cc1. The maximum absolute atomic E-state index is 13.0. The summed E-state index contributed by atoms with van der Waals surface area (Å²) in [5, 5.41) is 2.82. The molecule has 0 saturated carbocycles. The zero-order valence-electron chi connectivity index (χ0n) is 18.3. The number of H-pyrrole nitrogens is 1. The van der Waals surface area contributed by atoms with Crippen LogP contribution in [0.3, 0.4) is 0 Å². The molecule has 2 aromatic carbocycles. The molecule has 0 bridgehead atoms. The lowest BCUT2D eigenvalue weighted by atomic mass is 10.1. The molecule has 1 fully saturated rings. The summed E-state index contributed by atoms with van der Waals surface area (Å²) in [6.45, 7) is 3.65. The van der Waals surface area contributed by atoms with E-state index in [4.69, 9.17) is 0 Å². The highest BCUT2D eigenvalue weighted by molar-refractivity contribution is 7.92. The van der Waals surface area contributed by atoms with E-state index in [0.717, 1.165) is 24.0 Å². The number of carbonyl (C=O) groups is 2. The summed E-state index contributed by atoms with van der Waals surface area (Å²) >= 11 is 0. The summed E-state index contributed by atoms with van der Waals surface area (Å²) in [5.41, 5.74) is 2.65. The number of rotatable bonds is 7. The average Bonchev–Trinajstić information content (AvgIpc) is 3.51. The summed E-state index contributed by atoms with van der Waals surface area (Å²) in [6, 6.07) is 15.5. The lowest BCUT2D eigenvalue weighted by Crippen LogP contribution is -2.27. The van der Waals surface area contributed by atoms with E-state index >= 15 is 0 Å². The molecule has 0 atom stereocenters. The molecule has 8 nitrogen and oxygen atoms in total. The number of likely N-dealkylation sites (tertiary alicyclic amines) is 1. The molecule has 1 aliphatic rings. The Morgan fingerprint density at radius 3 is 2.45 bits per heavy atom. The van der Waals surface area contributed by atoms with Crippen LogP contribution in [0.4, 0.5) is 5.69 Å². The van der Waals surface area contributed by atoms with Crippen LogP contribution in [0.5, 0.6) is 0 Å².